The van der Waals surface area contributed by atoms with Crippen molar-refractivity contribution < 1.29 is 58.5 Å². The van der Waals surface area contributed by atoms with Crippen molar-refractivity contribution in [2.75, 3.05) is 18.1 Å². The number of carbonyl (C=O) groups is 9. The third-order valence-corrected chi connectivity index (χ3v) is 15.0. The van der Waals surface area contributed by atoms with Gasteiger partial charge in [0.15, 0.2) is 0 Å². The second-order valence-corrected chi connectivity index (χ2v) is 21.3. The number of nitrogens with two attached hydrogens (primary N) is 2. The molecule has 7 amide bonds. The van der Waals surface area contributed by atoms with Crippen LogP contribution in [0.25, 0.3) is 10.9 Å². The number of fused-ring (bicyclic) bond motifs is 1. The molecule has 2 aromatic heterocycles. The van der Waals surface area contributed by atoms with E-state index in [0.717, 1.165) is 32.5 Å². The van der Waals surface area contributed by atoms with Crippen molar-refractivity contribution in [3.8, 4) is 5.75 Å². The average Bonchev–Trinajstić information content (AvgIpc) is 4.02. The molecule has 5 rings (SSSR count). The van der Waals surface area contributed by atoms with E-state index in [2.05, 4.69) is 42.2 Å². The number of H-pyrrole nitrogens is 1. The molecule has 0 saturated carbocycles. The fourth-order valence-corrected chi connectivity index (χ4v) is 10.8. The van der Waals surface area contributed by atoms with E-state index in [4.69, 9.17) is 11.5 Å². The van der Waals surface area contributed by atoms with Crippen molar-refractivity contribution >= 4 is 97.1 Å². The van der Waals surface area contributed by atoms with Crippen LogP contribution in [0.5, 0.6) is 5.75 Å². The average molecular weight is 1070 g/mol. The number of aromatic nitrogens is 1. The normalized spacial score (nSPS) is 21.6. The zero-order valence-corrected chi connectivity index (χ0v) is 42.5. The standard InChI is InChI=1S/C48H62N10O12S3/c1-25(2)40(48(69)70)58-47(68)38-24-73-72-23-37(56-41(62)31(50)21-39(60)61)46(67)55-36(20-29-8-7-17-71-29)45(66)54-35(19-27-22-51-32-10-4-3-9-30(27)32)44(65)52-33(11-5-6-16-49)42(63)53-34(43(64)57-38)18-26-12-14-28(59)15-13-26/h3-4,7-10,12-15,17,22,25,31,33-38,40,51,59H,5-6,11,16,18-21,23-24,49-50H2,1-2H3,(H,52,65)(H,53,63)(H,54,66)(H,55,67)(H,56,62)(H,57,64)(H,58,68)(H,60,61)(H,69,70)/t31-,33-,34-,35-,36-,37-,38-,40-/m0/s1. The van der Waals surface area contributed by atoms with Crippen molar-refractivity contribution in [2.24, 2.45) is 17.4 Å². The minimum Gasteiger partial charge on any atom is -0.508 e. The van der Waals surface area contributed by atoms with E-state index in [9.17, 15) is 58.5 Å². The van der Waals surface area contributed by atoms with E-state index >= 15 is 0 Å². The van der Waals surface area contributed by atoms with Crippen molar-refractivity contribution in [1.82, 2.24) is 42.2 Å². The van der Waals surface area contributed by atoms with Crippen LogP contribution in [-0.4, -0.2) is 140 Å². The molecular formula is C48H62N10O12S3. The van der Waals surface area contributed by atoms with Crippen molar-refractivity contribution in [3.63, 3.8) is 0 Å². The monoisotopic (exact) mass is 1070 g/mol. The number of nitrogens with one attached hydrogen (secondary N) is 8. The lowest BCUT2D eigenvalue weighted by Crippen LogP contribution is -2.61. The van der Waals surface area contributed by atoms with Gasteiger partial charge in [0.25, 0.3) is 0 Å². The number of aliphatic carboxylic acids is 2. The van der Waals surface area contributed by atoms with Crippen LogP contribution in [0.1, 0.15) is 55.5 Å². The van der Waals surface area contributed by atoms with Crippen LogP contribution in [0, 0.1) is 5.92 Å². The van der Waals surface area contributed by atoms with Crippen LogP contribution in [0.15, 0.2) is 72.2 Å². The maximum Gasteiger partial charge on any atom is 0.326 e. The highest BCUT2D eigenvalue weighted by Gasteiger charge is 2.36. The van der Waals surface area contributed by atoms with Gasteiger partial charge >= 0.3 is 11.9 Å². The topological polar surface area (TPSA) is 366 Å². The molecule has 1 saturated heterocycles. The summed E-state index contributed by atoms with van der Waals surface area (Å²) < 4.78 is 0. The van der Waals surface area contributed by atoms with Gasteiger partial charge in [-0.1, -0.05) is 71.8 Å². The first-order valence-electron chi connectivity index (χ1n) is 23.5. The van der Waals surface area contributed by atoms with E-state index < -0.39 is 114 Å². The van der Waals surface area contributed by atoms with Crippen molar-refractivity contribution in [2.45, 2.75) is 107 Å². The molecular weight excluding hydrogens is 1000 g/mol. The van der Waals surface area contributed by atoms with Crippen LogP contribution in [-0.2, 0) is 62.4 Å². The number of amides is 7. The van der Waals surface area contributed by atoms with Crippen LogP contribution >= 0.6 is 32.9 Å². The number of phenols is 1. The number of hydrogen-bond acceptors (Lipinski definition) is 15. The third kappa shape index (κ3) is 17.5. The smallest absolute Gasteiger partial charge is 0.326 e. The number of phenolic OH excluding ortho intramolecular Hbond substituents is 1. The van der Waals surface area contributed by atoms with Gasteiger partial charge in [-0.3, -0.25) is 38.4 Å². The highest BCUT2D eigenvalue weighted by atomic mass is 33.1. The maximum atomic E-state index is 14.7. The number of rotatable bonds is 18. The summed E-state index contributed by atoms with van der Waals surface area (Å²) >= 11 is 1.29. The molecule has 22 nitrogen and oxygen atoms in total. The maximum absolute atomic E-state index is 14.7. The van der Waals surface area contributed by atoms with Crippen LogP contribution in [0.2, 0.25) is 0 Å². The van der Waals surface area contributed by atoms with Gasteiger partial charge in [-0.2, -0.15) is 0 Å². The first kappa shape index (κ1) is 57.2. The fraction of sp³-hybridized carbons (Fsp3) is 0.438. The summed E-state index contributed by atoms with van der Waals surface area (Å²) in [4.78, 5) is 128. The predicted molar refractivity (Wildman–Crippen MR) is 276 cm³/mol. The Bertz CT molecular complexity index is 2560. The molecule has 1 aliphatic rings. The lowest BCUT2D eigenvalue weighted by Gasteiger charge is -2.28. The molecule has 0 unspecified atom stereocenters. The Hall–Kier alpha value is -6.67. The third-order valence-electron chi connectivity index (χ3n) is 11.7. The first-order valence-corrected chi connectivity index (χ1v) is 26.8. The number of aromatic amines is 1. The summed E-state index contributed by atoms with van der Waals surface area (Å²) in [6.07, 6.45) is 1.35. The highest BCUT2D eigenvalue weighted by molar-refractivity contribution is 8.76. The molecule has 8 atom stereocenters. The molecule has 0 bridgehead atoms. The molecule has 1 aliphatic heterocycles. The zero-order chi connectivity index (χ0) is 53.2. The van der Waals surface area contributed by atoms with E-state index in [1.54, 1.807) is 43.6 Å². The highest BCUT2D eigenvalue weighted by Crippen LogP contribution is 2.25. The van der Waals surface area contributed by atoms with Crippen molar-refractivity contribution in [3.05, 3.63) is 88.2 Å². The summed E-state index contributed by atoms with van der Waals surface area (Å²) in [6.45, 7) is 3.40. The summed E-state index contributed by atoms with van der Waals surface area (Å²) in [7, 11) is 1.89. The number of carbonyl (C=O) groups excluding carboxylic acids is 7. The summed E-state index contributed by atoms with van der Waals surface area (Å²) in [5.41, 5.74) is 13.5. The Morgan fingerprint density at radius 2 is 1.36 bits per heavy atom. The molecule has 394 valence electrons. The first-order chi connectivity index (χ1) is 34.8. The van der Waals surface area contributed by atoms with Gasteiger partial charge in [0.2, 0.25) is 41.4 Å². The van der Waals surface area contributed by atoms with E-state index in [1.165, 1.54) is 35.6 Å². The van der Waals surface area contributed by atoms with Crippen LogP contribution in [0.3, 0.4) is 0 Å². The summed E-state index contributed by atoms with van der Waals surface area (Å²) in [5, 5.41) is 50.4. The summed E-state index contributed by atoms with van der Waals surface area (Å²) in [5.74, 6) is -10.0. The van der Waals surface area contributed by atoms with Gasteiger partial charge < -0.3 is 69.0 Å². The molecule has 1 fully saturated rings. The Morgan fingerprint density at radius 3 is 2.00 bits per heavy atom. The number of carboxylic acids is 2. The summed E-state index contributed by atoms with van der Waals surface area (Å²) in [6, 6.07) is 5.07. The van der Waals surface area contributed by atoms with Gasteiger partial charge in [-0.15, -0.1) is 11.3 Å². The van der Waals surface area contributed by atoms with E-state index in [0.29, 0.717) is 28.8 Å². The fourth-order valence-electron chi connectivity index (χ4n) is 7.69. The van der Waals surface area contributed by atoms with Crippen LogP contribution < -0.4 is 48.7 Å². The Balaban J connectivity index is 1.61. The zero-order valence-electron chi connectivity index (χ0n) is 40.1. The lowest BCUT2D eigenvalue weighted by atomic mass is 10.0. The van der Waals surface area contributed by atoms with Gasteiger partial charge in [0, 0.05) is 52.7 Å². The Morgan fingerprint density at radius 1 is 0.740 bits per heavy atom. The minimum absolute atomic E-state index is 0.0288. The van der Waals surface area contributed by atoms with Crippen LogP contribution in [0.4, 0.5) is 0 Å². The minimum atomic E-state index is -1.58. The molecule has 15 N–H and O–H groups in total. The van der Waals surface area contributed by atoms with E-state index in [1.807, 2.05) is 18.2 Å². The van der Waals surface area contributed by atoms with Gasteiger partial charge in [-0.05, 0) is 72.5 Å². The molecule has 0 radical (unpaired) electrons. The molecule has 25 heteroatoms. The SMILES string of the molecule is CC(C)[C@H](NC(=O)[C@@H]1CSSC[C@H](NC(=O)[C@@H](N)CC(=O)O)C(=O)N[C@@H](Cc2cccs2)C(=O)N[C@@H](Cc2c[nH]c3ccccc23)C(=O)N[C@@H](CCCCN)C(=O)N[C@@H](Cc2ccc(O)cc2)C(=O)N1)C(=O)O. The number of aromatic hydroxyl groups is 1. The van der Waals surface area contributed by atoms with Gasteiger partial charge in [0.05, 0.1) is 12.5 Å². The number of hydrogen-bond donors (Lipinski definition) is 13. The van der Waals surface area contributed by atoms with Crippen molar-refractivity contribution in [1.29, 1.82) is 0 Å². The molecule has 4 aromatic rings. The Labute approximate surface area is 432 Å². The second-order valence-electron chi connectivity index (χ2n) is 17.7. The number of carboxylic acid groups (broad SMARTS) is 2. The molecule has 73 heavy (non-hydrogen) atoms. The number of thiophene rings is 1. The molecule has 3 heterocycles. The number of para-hydroxylation sites is 1. The second kappa shape index (κ2) is 28.0. The van der Waals surface area contributed by atoms with Gasteiger partial charge in [-0.25, -0.2) is 4.79 Å². The molecule has 2 aromatic carbocycles. The molecule has 0 aliphatic carbocycles. The predicted octanol–water partition coefficient (Wildman–Crippen LogP) is 0.423. The quantitative estimate of drug-likeness (QED) is 0.0474. The largest absolute Gasteiger partial charge is 0.508 e. The number of unbranched alkanes of at least 4 members (excludes halogenated alkanes) is 1. The Kier molecular flexibility index (Phi) is 21.9. The number of benzene rings is 2. The molecule has 0 spiro atoms. The van der Waals surface area contributed by atoms with Gasteiger partial charge in [0.1, 0.15) is 48.0 Å². The van der Waals surface area contributed by atoms with E-state index in [-0.39, 0.29) is 49.5 Å². The lowest BCUT2D eigenvalue weighted by molar-refractivity contribution is -0.143.